The van der Waals surface area contributed by atoms with E-state index < -0.39 is 0 Å². The largest absolute Gasteiger partial charge is 0.356 e. The number of rotatable bonds is 3. The molecule has 0 unspecified atom stereocenters. The highest BCUT2D eigenvalue weighted by Gasteiger charge is 2.35. The van der Waals surface area contributed by atoms with E-state index in [1.807, 2.05) is 37.3 Å². The zero-order chi connectivity index (χ0) is 19.2. The number of hydrogen-bond donors (Lipinski definition) is 2. The van der Waals surface area contributed by atoms with Crippen molar-refractivity contribution in [1.29, 1.82) is 0 Å². The van der Waals surface area contributed by atoms with Crippen molar-refractivity contribution in [3.63, 3.8) is 0 Å². The molecule has 0 fully saturated rings. The first-order valence-corrected chi connectivity index (χ1v) is 9.43. The first kappa shape index (κ1) is 17.8. The summed E-state index contributed by atoms with van der Waals surface area (Å²) in [6.45, 7) is 6.24. The van der Waals surface area contributed by atoms with Crippen molar-refractivity contribution >= 4 is 28.8 Å². The Kier molecular flexibility index (Phi) is 4.31. The van der Waals surface area contributed by atoms with Gasteiger partial charge in [-0.2, -0.15) is 0 Å². The number of H-pyrrole nitrogens is 1. The molecule has 4 rings (SSSR count). The van der Waals surface area contributed by atoms with Crippen molar-refractivity contribution in [1.82, 2.24) is 9.97 Å². The first-order valence-electron chi connectivity index (χ1n) is 9.06. The molecule has 5 heteroatoms. The third kappa shape index (κ3) is 3.37. The zero-order valence-electron chi connectivity index (χ0n) is 15.7. The molecule has 0 radical (unpaired) electrons. The van der Waals surface area contributed by atoms with E-state index in [0.29, 0.717) is 11.4 Å². The van der Waals surface area contributed by atoms with Gasteiger partial charge in [0.05, 0.1) is 16.9 Å². The summed E-state index contributed by atoms with van der Waals surface area (Å²) in [5.41, 5.74) is 6.30. The Hall–Kier alpha value is -2.59. The fourth-order valence-corrected chi connectivity index (χ4v) is 3.91. The fourth-order valence-electron chi connectivity index (χ4n) is 3.73. The van der Waals surface area contributed by atoms with Crippen LogP contribution in [0.1, 0.15) is 41.9 Å². The number of aromatic amines is 1. The minimum absolute atomic E-state index is 0.0467. The standard InChI is InChI=1S/C22H22ClN3O/c1-13-4-5-15(10-16(13)23)25-21-19-17(11-22(2,3)12-18(19)27)26-20(21)14-6-8-24-9-7-14/h4-10,25-26H,11-12H2,1-3H3. The van der Waals surface area contributed by atoms with Gasteiger partial charge in [0.1, 0.15) is 0 Å². The number of ketones is 1. The Bertz CT molecular complexity index is 1020. The van der Waals surface area contributed by atoms with E-state index in [1.54, 1.807) is 12.4 Å². The van der Waals surface area contributed by atoms with Crippen molar-refractivity contribution in [2.75, 3.05) is 5.32 Å². The van der Waals surface area contributed by atoms with Crippen molar-refractivity contribution in [3.05, 3.63) is 64.6 Å². The predicted molar refractivity (Wildman–Crippen MR) is 110 cm³/mol. The minimum atomic E-state index is -0.0467. The van der Waals surface area contributed by atoms with Gasteiger partial charge in [0.25, 0.3) is 0 Å². The van der Waals surface area contributed by atoms with Crippen LogP contribution < -0.4 is 5.32 Å². The van der Waals surface area contributed by atoms with Crippen LogP contribution in [0.4, 0.5) is 11.4 Å². The van der Waals surface area contributed by atoms with Crippen LogP contribution in [0.5, 0.6) is 0 Å². The van der Waals surface area contributed by atoms with Crippen molar-refractivity contribution < 1.29 is 4.79 Å². The third-order valence-electron chi connectivity index (χ3n) is 5.06. The average Bonchev–Trinajstić information content (AvgIpc) is 2.96. The van der Waals surface area contributed by atoms with Gasteiger partial charge in [-0.1, -0.05) is 31.5 Å². The lowest BCUT2D eigenvalue weighted by Crippen LogP contribution is -2.26. The monoisotopic (exact) mass is 379 g/mol. The number of hydrogen-bond acceptors (Lipinski definition) is 3. The van der Waals surface area contributed by atoms with Crippen LogP contribution in [-0.4, -0.2) is 15.8 Å². The van der Waals surface area contributed by atoms with Gasteiger partial charge in [-0.3, -0.25) is 9.78 Å². The van der Waals surface area contributed by atoms with Crippen molar-refractivity contribution in [2.24, 2.45) is 5.41 Å². The van der Waals surface area contributed by atoms with Crippen LogP contribution in [0.25, 0.3) is 11.3 Å². The number of benzene rings is 1. The lowest BCUT2D eigenvalue weighted by atomic mass is 9.76. The smallest absolute Gasteiger partial charge is 0.167 e. The molecule has 1 aliphatic carbocycles. The van der Waals surface area contributed by atoms with Gasteiger partial charge in [-0.05, 0) is 48.6 Å². The third-order valence-corrected chi connectivity index (χ3v) is 5.47. The summed E-state index contributed by atoms with van der Waals surface area (Å²) < 4.78 is 0. The summed E-state index contributed by atoms with van der Waals surface area (Å²) in [5.74, 6) is 0.165. The molecule has 0 bridgehead atoms. The molecule has 0 saturated carbocycles. The second-order valence-corrected chi connectivity index (χ2v) is 8.40. The lowest BCUT2D eigenvalue weighted by Gasteiger charge is -2.28. The second kappa shape index (κ2) is 6.54. The van der Waals surface area contributed by atoms with Gasteiger partial charge in [0, 0.05) is 40.8 Å². The van der Waals surface area contributed by atoms with Gasteiger partial charge in [-0.25, -0.2) is 0 Å². The van der Waals surface area contributed by atoms with Gasteiger partial charge in [0.15, 0.2) is 5.78 Å². The molecule has 0 aliphatic heterocycles. The Balaban J connectivity index is 1.87. The Labute approximate surface area is 164 Å². The maximum atomic E-state index is 13.0. The molecular formula is C22H22ClN3O. The summed E-state index contributed by atoms with van der Waals surface area (Å²) >= 11 is 6.30. The molecule has 1 aliphatic rings. The number of carbonyl (C=O) groups is 1. The van der Waals surface area contributed by atoms with Crippen LogP contribution in [-0.2, 0) is 6.42 Å². The average molecular weight is 380 g/mol. The van der Waals surface area contributed by atoms with Crippen LogP contribution in [0.15, 0.2) is 42.7 Å². The summed E-state index contributed by atoms with van der Waals surface area (Å²) in [4.78, 5) is 20.6. The Morgan fingerprint density at radius 1 is 1.15 bits per heavy atom. The van der Waals surface area contributed by atoms with Crippen molar-refractivity contribution in [2.45, 2.75) is 33.6 Å². The topological polar surface area (TPSA) is 57.8 Å². The van der Waals surface area contributed by atoms with Crippen molar-refractivity contribution in [3.8, 4) is 11.3 Å². The second-order valence-electron chi connectivity index (χ2n) is 7.99. The summed E-state index contributed by atoms with van der Waals surface area (Å²) in [6.07, 6.45) is 4.89. The van der Waals surface area contributed by atoms with E-state index in [4.69, 9.17) is 11.6 Å². The number of carbonyl (C=O) groups excluding carboxylic acids is 1. The minimum Gasteiger partial charge on any atom is -0.356 e. The number of nitrogens with one attached hydrogen (secondary N) is 2. The van der Waals surface area contributed by atoms with E-state index in [9.17, 15) is 4.79 Å². The van der Waals surface area contributed by atoms with Crippen LogP contribution >= 0.6 is 11.6 Å². The highest BCUT2D eigenvalue weighted by Crippen LogP contribution is 2.43. The van der Waals surface area contributed by atoms with E-state index in [-0.39, 0.29) is 11.2 Å². The molecule has 0 spiro atoms. The predicted octanol–water partition coefficient (Wildman–Crippen LogP) is 5.94. The van der Waals surface area contributed by atoms with Crippen LogP contribution in [0.2, 0.25) is 5.02 Å². The zero-order valence-corrected chi connectivity index (χ0v) is 16.4. The van der Waals surface area contributed by atoms with E-state index in [1.165, 1.54) is 0 Å². The quantitative estimate of drug-likeness (QED) is 0.592. The summed E-state index contributed by atoms with van der Waals surface area (Å²) in [7, 11) is 0. The van der Waals surface area contributed by atoms with Gasteiger partial charge in [-0.15, -0.1) is 0 Å². The van der Waals surface area contributed by atoms with Gasteiger partial charge >= 0.3 is 0 Å². The molecule has 2 N–H and O–H groups in total. The highest BCUT2D eigenvalue weighted by atomic mass is 35.5. The molecule has 0 atom stereocenters. The number of aryl methyl sites for hydroxylation is 1. The van der Waals surface area contributed by atoms with Crippen LogP contribution in [0, 0.1) is 12.3 Å². The molecule has 138 valence electrons. The van der Waals surface area contributed by atoms with E-state index >= 15 is 0 Å². The maximum absolute atomic E-state index is 13.0. The number of aromatic nitrogens is 2. The number of halogens is 1. The fraction of sp³-hybridized carbons (Fsp3) is 0.273. The molecule has 2 aromatic heterocycles. The van der Waals surface area contributed by atoms with E-state index in [0.717, 1.165) is 45.9 Å². The normalized spacial score (nSPS) is 15.5. The molecule has 1 aromatic carbocycles. The Morgan fingerprint density at radius 2 is 1.89 bits per heavy atom. The molecular weight excluding hydrogens is 358 g/mol. The number of pyridine rings is 1. The van der Waals surface area contributed by atoms with Crippen LogP contribution in [0.3, 0.4) is 0 Å². The maximum Gasteiger partial charge on any atom is 0.167 e. The SMILES string of the molecule is Cc1ccc(Nc2c(-c3ccncc3)[nH]c3c2C(=O)CC(C)(C)C3)cc1Cl. The van der Waals surface area contributed by atoms with E-state index in [2.05, 4.69) is 29.1 Å². The molecule has 0 saturated heterocycles. The lowest BCUT2D eigenvalue weighted by molar-refractivity contribution is 0.0912. The summed E-state index contributed by atoms with van der Waals surface area (Å²) in [6, 6.07) is 9.74. The highest BCUT2D eigenvalue weighted by molar-refractivity contribution is 6.31. The molecule has 0 amide bonds. The molecule has 3 aromatic rings. The first-order chi connectivity index (χ1) is 12.8. The molecule has 4 nitrogen and oxygen atoms in total. The Morgan fingerprint density at radius 3 is 2.59 bits per heavy atom. The summed E-state index contributed by atoms with van der Waals surface area (Å²) in [5, 5.41) is 4.14. The number of anilines is 2. The van der Waals surface area contributed by atoms with Gasteiger partial charge in [0.2, 0.25) is 0 Å². The number of nitrogens with zero attached hydrogens (tertiary/aromatic N) is 1. The number of fused-ring (bicyclic) bond motifs is 1. The number of Topliss-reactive ketones (excluding diaryl/α,β-unsaturated/α-hetero) is 1. The molecule has 2 heterocycles. The van der Waals surface area contributed by atoms with Gasteiger partial charge < -0.3 is 10.3 Å². The molecule has 27 heavy (non-hydrogen) atoms.